The van der Waals surface area contributed by atoms with Crippen molar-refractivity contribution in [1.29, 1.82) is 0 Å². The molecule has 5 heteroatoms. The van der Waals surface area contributed by atoms with Crippen LogP contribution < -0.4 is 11.1 Å². The molecular formula is C11H17N5. The molecule has 0 spiro atoms. The van der Waals surface area contributed by atoms with Gasteiger partial charge in [0.2, 0.25) is 0 Å². The van der Waals surface area contributed by atoms with E-state index in [0.29, 0.717) is 0 Å². The molecule has 16 heavy (non-hydrogen) atoms. The number of rotatable bonds is 3. The number of nitrogens with two attached hydrogens (primary N) is 1. The van der Waals surface area contributed by atoms with Crippen LogP contribution in [0.15, 0.2) is 24.5 Å². The van der Waals surface area contributed by atoms with Gasteiger partial charge in [-0.1, -0.05) is 0 Å². The van der Waals surface area contributed by atoms with Gasteiger partial charge < -0.3 is 11.1 Å². The number of nitrogens with one attached hydrogen (secondary N) is 1. The van der Waals surface area contributed by atoms with Crippen molar-refractivity contribution in [3.8, 4) is 0 Å². The highest BCUT2D eigenvalue weighted by molar-refractivity contribution is 5.46. The Hall–Kier alpha value is -1.62. The van der Waals surface area contributed by atoms with Crippen LogP contribution in [0.4, 0.5) is 5.82 Å². The lowest BCUT2D eigenvalue weighted by Crippen LogP contribution is -2.47. The molecule has 1 unspecified atom stereocenters. The fourth-order valence-corrected chi connectivity index (χ4v) is 1.33. The van der Waals surface area contributed by atoms with Crippen LogP contribution in [0.25, 0.3) is 5.65 Å². The molecule has 0 bridgehead atoms. The average molecular weight is 219 g/mol. The molecule has 2 heterocycles. The van der Waals surface area contributed by atoms with Gasteiger partial charge in [-0.05, 0) is 26.8 Å². The van der Waals surface area contributed by atoms with Crippen molar-refractivity contribution >= 4 is 11.5 Å². The fourth-order valence-electron chi connectivity index (χ4n) is 1.33. The molecule has 0 radical (unpaired) electrons. The Morgan fingerprint density at radius 3 is 2.88 bits per heavy atom. The van der Waals surface area contributed by atoms with Gasteiger partial charge in [-0.2, -0.15) is 5.10 Å². The first kappa shape index (κ1) is 10.9. The van der Waals surface area contributed by atoms with E-state index < -0.39 is 0 Å². The maximum absolute atomic E-state index is 5.90. The van der Waals surface area contributed by atoms with E-state index in [9.17, 15) is 0 Å². The molecule has 0 saturated carbocycles. The third-order valence-electron chi connectivity index (χ3n) is 2.85. The predicted octanol–water partition coefficient (Wildman–Crippen LogP) is 1.27. The van der Waals surface area contributed by atoms with Gasteiger partial charge in [0, 0.05) is 23.8 Å². The highest BCUT2D eigenvalue weighted by atomic mass is 15.2. The Balaban J connectivity index is 2.27. The summed E-state index contributed by atoms with van der Waals surface area (Å²) in [5.41, 5.74) is 6.54. The summed E-state index contributed by atoms with van der Waals surface area (Å²) in [6.07, 6.45) is 3.60. The Kier molecular flexibility index (Phi) is 2.55. The van der Waals surface area contributed by atoms with Crippen molar-refractivity contribution in [1.82, 2.24) is 14.6 Å². The van der Waals surface area contributed by atoms with E-state index in [1.165, 1.54) is 0 Å². The van der Waals surface area contributed by atoms with E-state index in [4.69, 9.17) is 5.73 Å². The quantitative estimate of drug-likeness (QED) is 0.815. The molecule has 0 aliphatic rings. The zero-order valence-electron chi connectivity index (χ0n) is 9.81. The first-order valence-corrected chi connectivity index (χ1v) is 5.33. The Labute approximate surface area is 94.7 Å². The zero-order chi connectivity index (χ0) is 11.8. The van der Waals surface area contributed by atoms with E-state index >= 15 is 0 Å². The van der Waals surface area contributed by atoms with Gasteiger partial charge in [0.05, 0.1) is 6.20 Å². The second kappa shape index (κ2) is 3.75. The van der Waals surface area contributed by atoms with Crippen LogP contribution in [0.1, 0.15) is 20.8 Å². The van der Waals surface area contributed by atoms with E-state index in [2.05, 4.69) is 29.2 Å². The van der Waals surface area contributed by atoms with E-state index in [1.54, 1.807) is 10.7 Å². The molecule has 0 amide bonds. The molecule has 2 rings (SSSR count). The van der Waals surface area contributed by atoms with Gasteiger partial charge in [-0.25, -0.2) is 9.50 Å². The summed E-state index contributed by atoms with van der Waals surface area (Å²) < 4.78 is 1.73. The van der Waals surface area contributed by atoms with Crippen molar-refractivity contribution in [2.24, 2.45) is 5.73 Å². The second-order valence-corrected chi connectivity index (χ2v) is 4.58. The summed E-state index contributed by atoms with van der Waals surface area (Å²) >= 11 is 0. The third kappa shape index (κ3) is 1.99. The lowest BCUT2D eigenvalue weighted by molar-refractivity contribution is 0.469. The van der Waals surface area contributed by atoms with Gasteiger partial charge in [-0.15, -0.1) is 0 Å². The topological polar surface area (TPSA) is 68.2 Å². The summed E-state index contributed by atoms with van der Waals surface area (Å²) in [6, 6.07) is 3.80. The highest BCUT2D eigenvalue weighted by Gasteiger charge is 2.22. The number of fused-ring (bicyclic) bond motifs is 1. The number of hydrogen-bond acceptors (Lipinski definition) is 4. The molecule has 0 saturated heterocycles. The molecule has 0 fully saturated rings. The van der Waals surface area contributed by atoms with Crippen LogP contribution in [-0.4, -0.2) is 26.2 Å². The largest absolute Gasteiger partial charge is 0.364 e. The van der Waals surface area contributed by atoms with Gasteiger partial charge in [0.25, 0.3) is 0 Å². The molecule has 86 valence electrons. The minimum Gasteiger partial charge on any atom is -0.364 e. The van der Waals surface area contributed by atoms with Crippen LogP contribution in [0.2, 0.25) is 0 Å². The van der Waals surface area contributed by atoms with Crippen LogP contribution in [-0.2, 0) is 0 Å². The molecule has 2 aromatic heterocycles. The highest BCUT2D eigenvalue weighted by Crippen LogP contribution is 2.15. The monoisotopic (exact) mass is 219 g/mol. The third-order valence-corrected chi connectivity index (χ3v) is 2.85. The molecule has 2 aromatic rings. The van der Waals surface area contributed by atoms with Crippen molar-refractivity contribution in [2.75, 3.05) is 5.32 Å². The van der Waals surface area contributed by atoms with E-state index in [-0.39, 0.29) is 11.6 Å². The zero-order valence-corrected chi connectivity index (χ0v) is 9.81. The Morgan fingerprint density at radius 2 is 2.19 bits per heavy atom. The minimum absolute atomic E-state index is 0.0374. The average Bonchev–Trinajstić information content (AvgIpc) is 2.63. The SMILES string of the molecule is CC(N)C(C)(C)Nc1ccn2nccc2n1. The first-order chi connectivity index (χ1) is 7.49. The van der Waals surface area contributed by atoms with E-state index in [0.717, 1.165) is 11.5 Å². The number of hydrogen-bond donors (Lipinski definition) is 2. The van der Waals surface area contributed by atoms with Crippen LogP contribution in [0.3, 0.4) is 0 Å². The summed E-state index contributed by atoms with van der Waals surface area (Å²) in [5, 5.41) is 7.42. The lowest BCUT2D eigenvalue weighted by atomic mass is 9.97. The molecule has 0 aromatic carbocycles. The smallest absolute Gasteiger partial charge is 0.157 e. The summed E-state index contributed by atoms with van der Waals surface area (Å²) in [5.74, 6) is 0.815. The van der Waals surface area contributed by atoms with E-state index in [1.807, 2.05) is 25.3 Å². The van der Waals surface area contributed by atoms with Crippen molar-refractivity contribution in [2.45, 2.75) is 32.4 Å². The van der Waals surface area contributed by atoms with Crippen LogP contribution in [0, 0.1) is 0 Å². The van der Waals surface area contributed by atoms with Crippen molar-refractivity contribution in [3.63, 3.8) is 0 Å². The lowest BCUT2D eigenvalue weighted by Gasteiger charge is -2.30. The maximum Gasteiger partial charge on any atom is 0.157 e. The standard InChI is InChI=1S/C11H17N5/c1-8(12)11(2,3)15-9-5-7-16-10(14-9)4-6-13-16/h4-8H,12H2,1-3H3,(H,14,15). The second-order valence-electron chi connectivity index (χ2n) is 4.58. The molecule has 3 N–H and O–H groups in total. The predicted molar refractivity (Wildman–Crippen MR) is 64.3 cm³/mol. The normalized spacial score (nSPS) is 14.0. The van der Waals surface area contributed by atoms with Crippen molar-refractivity contribution in [3.05, 3.63) is 24.5 Å². The maximum atomic E-state index is 5.90. The van der Waals surface area contributed by atoms with Gasteiger partial charge >= 0.3 is 0 Å². The molecule has 1 atom stereocenters. The van der Waals surface area contributed by atoms with Gasteiger partial charge in [0.15, 0.2) is 5.65 Å². The number of aromatic nitrogens is 3. The first-order valence-electron chi connectivity index (χ1n) is 5.33. The summed E-state index contributed by atoms with van der Waals surface area (Å²) in [4.78, 5) is 4.44. The molecule has 0 aliphatic heterocycles. The molecule has 0 aliphatic carbocycles. The number of nitrogens with zero attached hydrogens (tertiary/aromatic N) is 3. The van der Waals surface area contributed by atoms with Crippen LogP contribution in [0.5, 0.6) is 0 Å². The minimum atomic E-state index is -0.189. The number of anilines is 1. The molecular weight excluding hydrogens is 202 g/mol. The summed E-state index contributed by atoms with van der Waals surface area (Å²) in [7, 11) is 0. The van der Waals surface area contributed by atoms with Crippen LogP contribution >= 0.6 is 0 Å². The van der Waals surface area contributed by atoms with Crippen molar-refractivity contribution < 1.29 is 0 Å². The Morgan fingerprint density at radius 1 is 1.44 bits per heavy atom. The Bertz CT molecular complexity index is 486. The fraction of sp³-hybridized carbons (Fsp3) is 0.455. The van der Waals surface area contributed by atoms with Gasteiger partial charge in [-0.3, -0.25) is 0 Å². The van der Waals surface area contributed by atoms with Gasteiger partial charge in [0.1, 0.15) is 5.82 Å². The summed E-state index contributed by atoms with van der Waals surface area (Å²) in [6.45, 7) is 6.09. The molecule has 5 nitrogen and oxygen atoms in total.